The fraction of sp³-hybridized carbons (Fsp3) is 0. The lowest BCUT2D eigenvalue weighted by Gasteiger charge is -1.88. The van der Waals surface area contributed by atoms with Crippen molar-refractivity contribution in [1.82, 2.24) is 20.1 Å². The van der Waals surface area contributed by atoms with Gasteiger partial charge >= 0.3 is 0 Å². The zero-order chi connectivity index (χ0) is 6.81. The van der Waals surface area contributed by atoms with Crippen LogP contribution in [0.25, 0.3) is 12.3 Å². The number of hydrogen-bond acceptors (Lipinski definition) is 3. The zero-order valence-corrected chi connectivity index (χ0v) is 5.23. The summed E-state index contributed by atoms with van der Waals surface area (Å²) in [4.78, 5) is 0. The number of aromatic nitrogens is 3. The molecule has 4 nitrogen and oxygen atoms in total. The smallest absolute Gasteiger partial charge is 0.162 e. The van der Waals surface area contributed by atoms with Crippen LogP contribution in [-0.4, -0.2) is 14.8 Å². The van der Waals surface area contributed by atoms with E-state index in [-0.39, 0.29) is 0 Å². The summed E-state index contributed by atoms with van der Waals surface area (Å²) in [5.41, 5.74) is 0. The molecular formula is C6H6N4. The van der Waals surface area contributed by atoms with Gasteiger partial charge in [0.05, 0.1) is 0 Å². The van der Waals surface area contributed by atoms with Gasteiger partial charge in [0.25, 0.3) is 0 Å². The molecule has 1 N–H and O–H groups in total. The van der Waals surface area contributed by atoms with E-state index in [1.54, 1.807) is 6.33 Å². The van der Waals surface area contributed by atoms with Crippen molar-refractivity contribution in [3.05, 3.63) is 24.6 Å². The summed E-state index contributed by atoms with van der Waals surface area (Å²) in [6.45, 7) is 0. The Kier molecular flexibility index (Phi) is 1.04. The molecule has 1 aliphatic rings. The van der Waals surface area contributed by atoms with Gasteiger partial charge in [0, 0.05) is 18.6 Å². The van der Waals surface area contributed by atoms with Crippen LogP contribution in [0, 0.1) is 0 Å². The number of fused-ring (bicyclic) bond motifs is 1. The topological polar surface area (TPSA) is 42.7 Å². The van der Waals surface area contributed by atoms with E-state index in [0.29, 0.717) is 0 Å². The molecule has 1 aromatic rings. The maximum atomic E-state index is 3.85. The molecule has 4 heteroatoms. The van der Waals surface area contributed by atoms with E-state index in [1.807, 2.05) is 29.2 Å². The van der Waals surface area contributed by atoms with Crippen LogP contribution < -0.4 is 5.32 Å². The average Bonchev–Trinajstić information content (AvgIpc) is 2.28. The zero-order valence-electron chi connectivity index (χ0n) is 5.23. The van der Waals surface area contributed by atoms with E-state index < -0.39 is 0 Å². The maximum Gasteiger partial charge on any atom is 0.162 e. The largest absolute Gasteiger partial charge is 0.366 e. The molecule has 0 amide bonds. The van der Waals surface area contributed by atoms with Crippen molar-refractivity contribution in [2.75, 3.05) is 0 Å². The van der Waals surface area contributed by atoms with Crippen molar-refractivity contribution < 1.29 is 0 Å². The fourth-order valence-corrected chi connectivity index (χ4v) is 0.787. The summed E-state index contributed by atoms with van der Waals surface area (Å²) in [7, 11) is 0. The quantitative estimate of drug-likeness (QED) is 0.554. The van der Waals surface area contributed by atoms with Crippen LogP contribution in [0.3, 0.4) is 0 Å². The molecule has 0 unspecified atom stereocenters. The van der Waals surface area contributed by atoms with Crippen molar-refractivity contribution >= 4 is 12.3 Å². The first-order chi connectivity index (χ1) is 4.97. The van der Waals surface area contributed by atoms with Crippen molar-refractivity contribution in [2.45, 2.75) is 0 Å². The highest BCUT2D eigenvalue weighted by Crippen LogP contribution is 1.99. The van der Waals surface area contributed by atoms with Gasteiger partial charge < -0.3 is 5.32 Å². The van der Waals surface area contributed by atoms with E-state index >= 15 is 0 Å². The molecule has 0 radical (unpaired) electrons. The van der Waals surface area contributed by atoms with Crippen LogP contribution >= 0.6 is 0 Å². The maximum absolute atomic E-state index is 3.85. The number of rotatable bonds is 0. The van der Waals surface area contributed by atoms with Crippen molar-refractivity contribution in [3.63, 3.8) is 0 Å². The van der Waals surface area contributed by atoms with E-state index in [0.717, 1.165) is 5.82 Å². The van der Waals surface area contributed by atoms with Crippen LogP contribution in [0.4, 0.5) is 0 Å². The Balaban J connectivity index is 2.56. The van der Waals surface area contributed by atoms with E-state index in [2.05, 4.69) is 15.5 Å². The lowest BCUT2D eigenvalue weighted by atomic mass is 10.6. The molecule has 1 aliphatic heterocycles. The third-order valence-corrected chi connectivity index (χ3v) is 1.26. The summed E-state index contributed by atoms with van der Waals surface area (Å²) in [5, 5.41) is 10.5. The first-order valence-electron chi connectivity index (χ1n) is 2.95. The lowest BCUT2D eigenvalue weighted by molar-refractivity contribution is 1.07. The lowest BCUT2D eigenvalue weighted by Crippen LogP contribution is -1.88. The molecule has 0 saturated carbocycles. The summed E-state index contributed by atoms with van der Waals surface area (Å²) in [6, 6.07) is 0. The minimum absolute atomic E-state index is 0.834. The second-order valence-corrected chi connectivity index (χ2v) is 1.91. The second kappa shape index (κ2) is 1.98. The normalized spacial score (nSPS) is 14.0. The van der Waals surface area contributed by atoms with Gasteiger partial charge in [-0.25, -0.2) is 0 Å². The molecule has 50 valence electrons. The summed E-state index contributed by atoms with van der Waals surface area (Å²) in [5.74, 6) is 0.834. The number of nitrogens with one attached hydrogen (secondary N) is 1. The van der Waals surface area contributed by atoms with Gasteiger partial charge in [-0.3, -0.25) is 4.57 Å². The van der Waals surface area contributed by atoms with E-state index in [9.17, 15) is 0 Å². The van der Waals surface area contributed by atoms with Gasteiger partial charge in [-0.1, -0.05) is 0 Å². The van der Waals surface area contributed by atoms with Crippen molar-refractivity contribution in [1.29, 1.82) is 0 Å². The van der Waals surface area contributed by atoms with Crippen LogP contribution in [0.15, 0.2) is 18.7 Å². The monoisotopic (exact) mass is 134 g/mol. The highest BCUT2D eigenvalue weighted by molar-refractivity contribution is 5.46. The SMILES string of the molecule is C1=Cc2nncn2C=CN1. The summed E-state index contributed by atoms with van der Waals surface area (Å²) >= 11 is 0. The first-order valence-corrected chi connectivity index (χ1v) is 2.95. The molecule has 0 bridgehead atoms. The molecule has 2 heterocycles. The molecule has 10 heavy (non-hydrogen) atoms. The number of hydrogen-bond donors (Lipinski definition) is 1. The molecule has 0 saturated heterocycles. The van der Waals surface area contributed by atoms with Crippen LogP contribution in [0.5, 0.6) is 0 Å². The fourth-order valence-electron chi connectivity index (χ4n) is 0.787. The summed E-state index contributed by atoms with van der Waals surface area (Å²) < 4.78 is 1.83. The van der Waals surface area contributed by atoms with Gasteiger partial charge in [0.15, 0.2) is 5.82 Å². The molecule has 0 aromatic carbocycles. The third-order valence-electron chi connectivity index (χ3n) is 1.26. The Morgan fingerprint density at radius 3 is 3.40 bits per heavy atom. The van der Waals surface area contributed by atoms with Gasteiger partial charge in [0.2, 0.25) is 0 Å². The van der Waals surface area contributed by atoms with Crippen LogP contribution in [0.2, 0.25) is 0 Å². The number of nitrogens with zero attached hydrogens (tertiary/aromatic N) is 3. The van der Waals surface area contributed by atoms with Crippen LogP contribution in [0.1, 0.15) is 5.82 Å². The molecule has 2 rings (SSSR count). The highest BCUT2D eigenvalue weighted by Gasteiger charge is 1.96. The minimum atomic E-state index is 0.834. The van der Waals surface area contributed by atoms with E-state index in [1.165, 1.54) is 0 Å². The van der Waals surface area contributed by atoms with E-state index in [4.69, 9.17) is 0 Å². The Labute approximate surface area is 57.9 Å². The Morgan fingerprint density at radius 2 is 2.40 bits per heavy atom. The molecule has 0 aliphatic carbocycles. The highest BCUT2D eigenvalue weighted by atomic mass is 15.3. The molecule has 0 spiro atoms. The molecule has 1 aromatic heterocycles. The van der Waals surface area contributed by atoms with Crippen molar-refractivity contribution in [3.8, 4) is 0 Å². The van der Waals surface area contributed by atoms with Crippen molar-refractivity contribution in [2.24, 2.45) is 0 Å². The minimum Gasteiger partial charge on any atom is -0.366 e. The molecule has 0 fully saturated rings. The summed E-state index contributed by atoms with van der Waals surface area (Å²) in [6.07, 6.45) is 8.99. The predicted molar refractivity (Wildman–Crippen MR) is 37.5 cm³/mol. The Hall–Kier alpha value is -1.58. The van der Waals surface area contributed by atoms with Gasteiger partial charge in [-0.15, -0.1) is 10.2 Å². The third kappa shape index (κ3) is 0.699. The van der Waals surface area contributed by atoms with Gasteiger partial charge in [-0.05, 0) is 6.08 Å². The average molecular weight is 134 g/mol. The first kappa shape index (κ1) is 5.22. The van der Waals surface area contributed by atoms with Crippen LogP contribution in [-0.2, 0) is 0 Å². The standard InChI is InChI=1S/C6H6N4/c1-2-7-3-4-10-5-8-9-6(1)10/h1-5,7H. The molecular weight excluding hydrogens is 128 g/mol. The van der Waals surface area contributed by atoms with Gasteiger partial charge in [0.1, 0.15) is 6.33 Å². The predicted octanol–water partition coefficient (Wildman–Crippen LogP) is 0.280. The van der Waals surface area contributed by atoms with Gasteiger partial charge in [-0.2, -0.15) is 0 Å². The molecule has 0 atom stereocenters. The second-order valence-electron chi connectivity index (χ2n) is 1.91. The Morgan fingerprint density at radius 1 is 1.40 bits per heavy atom. The Bertz CT molecular complexity index is 257.